The van der Waals surface area contributed by atoms with E-state index in [1.807, 2.05) is 0 Å². The molecule has 6 unspecified atom stereocenters. The van der Waals surface area contributed by atoms with E-state index in [4.69, 9.17) is 4.74 Å². The topological polar surface area (TPSA) is 43.4 Å². The minimum Gasteiger partial charge on any atom is -0.463 e. The first-order valence-electron chi connectivity index (χ1n) is 10.6. The third kappa shape index (κ3) is 2.60. The van der Waals surface area contributed by atoms with Gasteiger partial charge in [0.25, 0.3) is 0 Å². The molecule has 0 heterocycles. The van der Waals surface area contributed by atoms with Crippen LogP contribution >= 0.6 is 0 Å². The number of carbonyl (C=O) groups is 2. The highest BCUT2D eigenvalue weighted by Gasteiger charge is 2.59. The minimum absolute atomic E-state index is 0.116. The van der Waals surface area contributed by atoms with Crippen molar-refractivity contribution in [2.24, 2.45) is 34.5 Å². The first-order valence-corrected chi connectivity index (χ1v) is 10.6. The van der Waals surface area contributed by atoms with Crippen molar-refractivity contribution >= 4 is 11.8 Å². The minimum atomic E-state index is -0.130. The lowest BCUT2D eigenvalue weighted by atomic mass is 9.44. The fraction of sp³-hybridized carbons (Fsp3) is 0.826. The van der Waals surface area contributed by atoms with Gasteiger partial charge in [0.1, 0.15) is 6.10 Å². The Morgan fingerprint density at radius 2 is 1.81 bits per heavy atom. The van der Waals surface area contributed by atoms with Crippen LogP contribution in [-0.4, -0.2) is 17.9 Å². The molecule has 3 saturated carbocycles. The van der Waals surface area contributed by atoms with Crippen molar-refractivity contribution in [1.29, 1.82) is 0 Å². The number of carbonyl (C=O) groups excluding carboxylic acids is 2. The number of hydrogen-bond acceptors (Lipinski definition) is 3. The van der Waals surface area contributed by atoms with E-state index in [0.717, 1.165) is 36.7 Å². The molecule has 7 atom stereocenters. The van der Waals surface area contributed by atoms with Crippen LogP contribution in [0.25, 0.3) is 0 Å². The second-order valence-corrected chi connectivity index (χ2v) is 10.0. The van der Waals surface area contributed by atoms with Gasteiger partial charge in [0.2, 0.25) is 0 Å². The third-order valence-corrected chi connectivity index (χ3v) is 8.91. The zero-order valence-electron chi connectivity index (χ0n) is 16.8. The zero-order valence-corrected chi connectivity index (χ0v) is 16.8. The van der Waals surface area contributed by atoms with E-state index < -0.39 is 0 Å². The lowest BCUT2D eigenvalue weighted by molar-refractivity contribution is -0.159. The number of esters is 1. The Balaban J connectivity index is 1.54. The predicted octanol–water partition coefficient (Wildman–Crippen LogP) is 5.09. The fourth-order valence-electron chi connectivity index (χ4n) is 7.67. The third-order valence-electron chi connectivity index (χ3n) is 8.91. The van der Waals surface area contributed by atoms with Crippen LogP contribution in [0.1, 0.15) is 79.1 Å². The van der Waals surface area contributed by atoms with Gasteiger partial charge in [-0.05, 0) is 98.4 Å². The van der Waals surface area contributed by atoms with E-state index in [1.165, 1.54) is 39.0 Å². The number of ether oxygens (including phenoxy) is 1. The molecule has 0 aromatic rings. The molecule has 4 aliphatic rings. The molecular weight excluding hydrogens is 324 g/mol. The van der Waals surface area contributed by atoms with Gasteiger partial charge in [-0.2, -0.15) is 0 Å². The molecule has 0 radical (unpaired) electrons. The van der Waals surface area contributed by atoms with Crippen molar-refractivity contribution in [3.05, 3.63) is 11.6 Å². The van der Waals surface area contributed by atoms with Crippen molar-refractivity contribution in [2.75, 3.05) is 0 Å². The van der Waals surface area contributed by atoms with Gasteiger partial charge in [0.15, 0.2) is 5.78 Å². The average Bonchev–Trinajstić information content (AvgIpc) is 2.92. The molecule has 4 aliphatic carbocycles. The van der Waals surface area contributed by atoms with Crippen LogP contribution in [0, 0.1) is 34.5 Å². The van der Waals surface area contributed by atoms with Crippen LogP contribution in [0.15, 0.2) is 11.6 Å². The molecule has 0 aliphatic heterocycles. The molecule has 3 nitrogen and oxygen atoms in total. The van der Waals surface area contributed by atoms with Crippen LogP contribution in [-0.2, 0) is 14.3 Å². The van der Waals surface area contributed by atoms with Gasteiger partial charge in [-0.1, -0.05) is 19.9 Å². The summed E-state index contributed by atoms with van der Waals surface area (Å²) in [7, 11) is 0. The molecule has 4 rings (SSSR count). The number of hydrogen-bond donors (Lipinski definition) is 0. The highest BCUT2D eigenvalue weighted by atomic mass is 16.5. The Kier molecular flexibility index (Phi) is 4.36. The van der Waals surface area contributed by atoms with Crippen LogP contribution in [0.3, 0.4) is 0 Å². The first kappa shape index (κ1) is 18.3. The maximum atomic E-state index is 12.2. The molecule has 0 amide bonds. The Labute approximate surface area is 157 Å². The summed E-state index contributed by atoms with van der Waals surface area (Å²) in [5.41, 5.74) is 1.62. The normalized spacial score (nSPS) is 47.2. The van der Waals surface area contributed by atoms with Crippen molar-refractivity contribution in [3.8, 4) is 0 Å². The van der Waals surface area contributed by atoms with E-state index >= 15 is 0 Å². The number of ketones is 1. The first-order chi connectivity index (χ1) is 12.3. The molecule has 0 aromatic heterocycles. The van der Waals surface area contributed by atoms with E-state index in [1.54, 1.807) is 6.92 Å². The van der Waals surface area contributed by atoms with Crippen LogP contribution in [0.2, 0.25) is 0 Å². The predicted molar refractivity (Wildman–Crippen MR) is 101 cm³/mol. The lowest BCUT2D eigenvalue weighted by Crippen LogP contribution is -2.54. The fourth-order valence-corrected chi connectivity index (χ4v) is 7.67. The molecular formula is C23H34O3. The summed E-state index contributed by atoms with van der Waals surface area (Å²) < 4.78 is 5.56. The molecule has 0 saturated heterocycles. The molecule has 26 heavy (non-hydrogen) atoms. The second kappa shape index (κ2) is 6.21. The van der Waals surface area contributed by atoms with Gasteiger partial charge < -0.3 is 4.74 Å². The van der Waals surface area contributed by atoms with Gasteiger partial charge in [-0.3, -0.25) is 9.59 Å². The second-order valence-electron chi connectivity index (χ2n) is 10.0. The zero-order chi connectivity index (χ0) is 18.7. The molecule has 144 valence electrons. The summed E-state index contributed by atoms with van der Waals surface area (Å²) in [6.07, 6.45) is 11.7. The monoisotopic (exact) mass is 358 g/mol. The van der Waals surface area contributed by atoms with Crippen LogP contribution in [0.5, 0.6) is 0 Å². The van der Waals surface area contributed by atoms with Crippen molar-refractivity contribution in [2.45, 2.75) is 85.2 Å². The van der Waals surface area contributed by atoms with Gasteiger partial charge in [-0.25, -0.2) is 0 Å². The Morgan fingerprint density at radius 1 is 1.04 bits per heavy atom. The van der Waals surface area contributed by atoms with E-state index in [0.29, 0.717) is 17.3 Å². The van der Waals surface area contributed by atoms with Gasteiger partial charge in [0.05, 0.1) is 0 Å². The summed E-state index contributed by atoms with van der Waals surface area (Å²) in [5, 5.41) is 0. The molecule has 3 fully saturated rings. The highest BCUT2D eigenvalue weighted by Crippen LogP contribution is 2.66. The van der Waals surface area contributed by atoms with Gasteiger partial charge in [-0.15, -0.1) is 0 Å². The van der Waals surface area contributed by atoms with E-state index in [9.17, 15) is 9.59 Å². The molecule has 0 N–H and O–H groups in total. The van der Waals surface area contributed by atoms with E-state index in [2.05, 4.69) is 19.9 Å². The SMILES string of the molecule is CC(=O)OC1CCC2(C)C3CCC4(C)C(C(C)=O)=CCC4C3CC[C@H]2C1. The maximum Gasteiger partial charge on any atom is 0.302 e. The maximum absolute atomic E-state index is 12.2. The quantitative estimate of drug-likeness (QED) is 0.646. The number of rotatable bonds is 2. The highest BCUT2D eigenvalue weighted by molar-refractivity contribution is 5.95. The molecule has 3 heteroatoms. The Hall–Kier alpha value is -1.12. The van der Waals surface area contributed by atoms with Gasteiger partial charge in [0, 0.05) is 6.92 Å². The standard InChI is InChI=1S/C23H34O3/c1-14(24)19-7-8-20-18-6-5-16-13-17(26-15(2)25)9-11-22(16,3)21(18)10-12-23(19,20)4/h7,16-18,20-21H,5-6,8-13H2,1-4H3/t16-,17?,18?,20?,21?,22?,23?/m0/s1. The van der Waals surface area contributed by atoms with E-state index in [-0.39, 0.29) is 23.3 Å². The van der Waals surface area contributed by atoms with Crippen LogP contribution < -0.4 is 0 Å². The van der Waals surface area contributed by atoms with Crippen molar-refractivity contribution in [1.82, 2.24) is 0 Å². The molecule has 0 spiro atoms. The Bertz CT molecular complexity index is 650. The number of fused-ring (bicyclic) bond motifs is 5. The smallest absolute Gasteiger partial charge is 0.302 e. The summed E-state index contributed by atoms with van der Waals surface area (Å²) >= 11 is 0. The van der Waals surface area contributed by atoms with Crippen LogP contribution in [0.4, 0.5) is 0 Å². The summed E-state index contributed by atoms with van der Waals surface area (Å²) in [6, 6.07) is 0. The number of allylic oxidation sites excluding steroid dienone is 2. The summed E-state index contributed by atoms with van der Waals surface area (Å²) in [4.78, 5) is 23.5. The van der Waals surface area contributed by atoms with Crippen molar-refractivity contribution < 1.29 is 14.3 Å². The molecule has 0 bridgehead atoms. The summed E-state index contributed by atoms with van der Waals surface area (Å²) in [6.45, 7) is 8.17. The Morgan fingerprint density at radius 3 is 2.50 bits per heavy atom. The average molecular weight is 359 g/mol. The van der Waals surface area contributed by atoms with Gasteiger partial charge >= 0.3 is 5.97 Å². The molecule has 0 aromatic carbocycles. The largest absolute Gasteiger partial charge is 0.463 e. The number of Topliss-reactive ketones (excluding diaryl/α,β-unsaturated/α-hetero) is 1. The van der Waals surface area contributed by atoms with Crippen molar-refractivity contribution in [3.63, 3.8) is 0 Å². The lowest BCUT2D eigenvalue weighted by Gasteiger charge is -2.60. The summed E-state index contributed by atoms with van der Waals surface area (Å²) in [5.74, 6) is 3.03.